The summed E-state index contributed by atoms with van der Waals surface area (Å²) in [5.41, 5.74) is 12.7. The highest BCUT2D eigenvalue weighted by Crippen LogP contribution is 2.27. The molecular weight excluding hydrogens is 362 g/mol. The molecule has 2 rings (SSSR count). The summed E-state index contributed by atoms with van der Waals surface area (Å²) in [4.78, 5) is 8.42. The smallest absolute Gasteiger partial charge is 0.166 e. The van der Waals surface area contributed by atoms with E-state index in [1.54, 1.807) is 6.92 Å². The lowest BCUT2D eigenvalue weighted by molar-refractivity contribution is 0.587. The first kappa shape index (κ1) is 21.6. The van der Waals surface area contributed by atoms with Gasteiger partial charge in [-0.1, -0.05) is 26.3 Å². The molecule has 0 fully saturated rings. The fraction of sp³-hybridized carbons (Fsp3) is 0.400. The SMILES string of the molecule is C=C(N)c1cc(F)c(NCC(C)N)nc1Nc1cnc(CCCCC)c(F)c1. The van der Waals surface area contributed by atoms with Crippen molar-refractivity contribution in [3.8, 4) is 0 Å². The fourth-order valence-corrected chi connectivity index (χ4v) is 2.61. The van der Waals surface area contributed by atoms with E-state index in [4.69, 9.17) is 11.5 Å². The van der Waals surface area contributed by atoms with Crippen LogP contribution in [0.25, 0.3) is 5.70 Å². The van der Waals surface area contributed by atoms with Crippen molar-refractivity contribution in [2.24, 2.45) is 11.5 Å². The van der Waals surface area contributed by atoms with Gasteiger partial charge in [0.05, 0.1) is 17.6 Å². The summed E-state index contributed by atoms with van der Waals surface area (Å²) < 4.78 is 28.6. The third-order valence-corrected chi connectivity index (χ3v) is 4.11. The third-order valence-electron chi connectivity index (χ3n) is 4.11. The molecule has 0 bridgehead atoms. The zero-order valence-corrected chi connectivity index (χ0v) is 16.4. The molecule has 1 unspecified atom stereocenters. The molecule has 0 aliphatic rings. The molecular formula is C20H28F2N6. The van der Waals surface area contributed by atoms with Gasteiger partial charge in [-0.3, -0.25) is 4.98 Å². The van der Waals surface area contributed by atoms with Crippen molar-refractivity contribution in [2.45, 2.75) is 45.6 Å². The molecule has 0 radical (unpaired) electrons. The zero-order chi connectivity index (χ0) is 20.7. The molecule has 0 saturated carbocycles. The average molecular weight is 390 g/mol. The predicted octanol–water partition coefficient (Wildman–Crippen LogP) is 3.92. The van der Waals surface area contributed by atoms with Crippen molar-refractivity contribution in [3.63, 3.8) is 0 Å². The highest BCUT2D eigenvalue weighted by molar-refractivity contribution is 5.75. The van der Waals surface area contributed by atoms with Gasteiger partial charge in [0.1, 0.15) is 11.6 Å². The molecule has 1 atom stereocenters. The molecule has 152 valence electrons. The molecule has 0 aliphatic heterocycles. The molecule has 28 heavy (non-hydrogen) atoms. The number of nitrogens with two attached hydrogens (primary N) is 2. The topological polar surface area (TPSA) is 102 Å². The first-order valence-electron chi connectivity index (χ1n) is 9.38. The van der Waals surface area contributed by atoms with Crippen LogP contribution in [-0.4, -0.2) is 22.6 Å². The van der Waals surface area contributed by atoms with Gasteiger partial charge in [0.2, 0.25) is 0 Å². The zero-order valence-electron chi connectivity index (χ0n) is 16.4. The van der Waals surface area contributed by atoms with Crippen LogP contribution in [0.3, 0.4) is 0 Å². The van der Waals surface area contributed by atoms with Crippen molar-refractivity contribution >= 4 is 23.0 Å². The van der Waals surface area contributed by atoms with Gasteiger partial charge in [-0.15, -0.1) is 0 Å². The number of unbranched alkanes of at least 4 members (excludes halogenated alkanes) is 2. The number of halogens is 2. The summed E-state index contributed by atoms with van der Waals surface area (Å²) in [5, 5.41) is 5.79. The van der Waals surface area contributed by atoms with Crippen LogP contribution in [-0.2, 0) is 6.42 Å². The Morgan fingerprint density at radius 1 is 1.21 bits per heavy atom. The number of aryl methyl sites for hydroxylation is 1. The first-order chi connectivity index (χ1) is 13.3. The number of pyridine rings is 2. The van der Waals surface area contributed by atoms with E-state index in [1.807, 2.05) is 0 Å². The molecule has 0 aliphatic carbocycles. The lowest BCUT2D eigenvalue weighted by atomic mass is 10.1. The van der Waals surface area contributed by atoms with E-state index in [0.717, 1.165) is 19.3 Å². The third kappa shape index (κ3) is 5.88. The Morgan fingerprint density at radius 2 is 1.96 bits per heavy atom. The van der Waals surface area contributed by atoms with Gasteiger partial charge in [0.25, 0.3) is 0 Å². The van der Waals surface area contributed by atoms with Crippen molar-refractivity contribution in [1.29, 1.82) is 0 Å². The molecule has 8 heteroatoms. The van der Waals surface area contributed by atoms with E-state index in [0.29, 0.717) is 24.3 Å². The van der Waals surface area contributed by atoms with Gasteiger partial charge in [-0.2, -0.15) is 0 Å². The molecule has 2 aromatic heterocycles. The highest BCUT2D eigenvalue weighted by atomic mass is 19.1. The van der Waals surface area contributed by atoms with Crippen LogP contribution >= 0.6 is 0 Å². The first-order valence-corrected chi connectivity index (χ1v) is 9.38. The molecule has 6 N–H and O–H groups in total. The highest BCUT2D eigenvalue weighted by Gasteiger charge is 2.15. The van der Waals surface area contributed by atoms with Crippen molar-refractivity contribution < 1.29 is 8.78 Å². The van der Waals surface area contributed by atoms with E-state index >= 15 is 0 Å². The van der Waals surface area contributed by atoms with E-state index in [9.17, 15) is 8.78 Å². The van der Waals surface area contributed by atoms with E-state index < -0.39 is 11.6 Å². The number of hydrogen-bond donors (Lipinski definition) is 4. The van der Waals surface area contributed by atoms with Crippen LogP contribution in [0.1, 0.15) is 44.4 Å². The lowest BCUT2D eigenvalue weighted by Gasteiger charge is -2.15. The van der Waals surface area contributed by atoms with Crippen LogP contribution in [0.15, 0.2) is 24.9 Å². The van der Waals surface area contributed by atoms with E-state index in [-0.39, 0.29) is 28.9 Å². The Morgan fingerprint density at radius 3 is 2.57 bits per heavy atom. The van der Waals surface area contributed by atoms with Crippen molar-refractivity contribution in [3.05, 3.63) is 47.8 Å². The molecule has 0 saturated heterocycles. The standard InChI is InChI=1S/C20H28F2N6/c1-4-5-6-7-18-16(21)8-14(11-25-18)27-19-15(13(3)24)9-17(22)20(28-19)26-10-12(2)23/h8-9,11-12H,3-7,10,23-24H2,1-2H3,(H2,26,27,28). The van der Waals surface area contributed by atoms with Gasteiger partial charge in [-0.25, -0.2) is 13.8 Å². The second-order valence-electron chi connectivity index (χ2n) is 6.83. The van der Waals surface area contributed by atoms with Crippen LogP contribution in [0.4, 0.5) is 26.1 Å². The lowest BCUT2D eigenvalue weighted by Crippen LogP contribution is -2.26. The normalized spacial score (nSPS) is 11.9. The molecule has 0 amide bonds. The summed E-state index contributed by atoms with van der Waals surface area (Å²) in [6.45, 7) is 7.87. The summed E-state index contributed by atoms with van der Waals surface area (Å²) >= 11 is 0. The minimum Gasteiger partial charge on any atom is -0.399 e. The molecule has 2 aromatic rings. The van der Waals surface area contributed by atoms with Gasteiger partial charge < -0.3 is 22.1 Å². The van der Waals surface area contributed by atoms with Gasteiger partial charge in [0, 0.05) is 29.9 Å². The minimum atomic E-state index is -0.580. The van der Waals surface area contributed by atoms with Crippen LogP contribution in [0.5, 0.6) is 0 Å². The fourth-order valence-electron chi connectivity index (χ4n) is 2.61. The molecule has 0 spiro atoms. The summed E-state index contributed by atoms with van der Waals surface area (Å²) in [6.07, 6.45) is 5.08. The number of nitrogens with zero attached hydrogens (tertiary/aromatic N) is 2. The number of hydrogen-bond acceptors (Lipinski definition) is 6. The second-order valence-corrected chi connectivity index (χ2v) is 6.83. The van der Waals surface area contributed by atoms with Crippen LogP contribution < -0.4 is 22.1 Å². The minimum absolute atomic E-state index is 0.0226. The summed E-state index contributed by atoms with van der Waals surface area (Å²) in [5.74, 6) is -0.703. The monoisotopic (exact) mass is 390 g/mol. The summed E-state index contributed by atoms with van der Waals surface area (Å²) in [7, 11) is 0. The Labute approximate surface area is 164 Å². The van der Waals surface area contributed by atoms with Crippen molar-refractivity contribution in [2.75, 3.05) is 17.2 Å². The molecule has 0 aromatic carbocycles. The number of rotatable bonds is 10. The van der Waals surface area contributed by atoms with E-state index in [1.165, 1.54) is 18.3 Å². The number of anilines is 3. The molecule has 6 nitrogen and oxygen atoms in total. The largest absolute Gasteiger partial charge is 0.399 e. The maximum Gasteiger partial charge on any atom is 0.166 e. The quantitative estimate of drug-likeness (QED) is 0.459. The maximum absolute atomic E-state index is 14.3. The van der Waals surface area contributed by atoms with Crippen molar-refractivity contribution in [1.82, 2.24) is 9.97 Å². The summed E-state index contributed by atoms with van der Waals surface area (Å²) in [6, 6.07) is 2.39. The Hall–Kier alpha value is -2.74. The molecule has 2 heterocycles. The van der Waals surface area contributed by atoms with Gasteiger partial charge >= 0.3 is 0 Å². The van der Waals surface area contributed by atoms with Gasteiger partial charge in [-0.05, 0) is 25.8 Å². The second kappa shape index (κ2) is 9.98. The van der Waals surface area contributed by atoms with Crippen LogP contribution in [0.2, 0.25) is 0 Å². The maximum atomic E-state index is 14.3. The number of aromatic nitrogens is 2. The Kier molecular flexibility index (Phi) is 7.69. The number of nitrogens with one attached hydrogen (secondary N) is 2. The average Bonchev–Trinajstić information content (AvgIpc) is 2.63. The predicted molar refractivity (Wildman–Crippen MR) is 110 cm³/mol. The van der Waals surface area contributed by atoms with Gasteiger partial charge in [0.15, 0.2) is 11.6 Å². The van der Waals surface area contributed by atoms with E-state index in [2.05, 4.69) is 34.1 Å². The van der Waals surface area contributed by atoms with Crippen LogP contribution in [0, 0.1) is 11.6 Å². The Balaban J connectivity index is 2.26. The Bertz CT molecular complexity index is 823.